The second-order valence-corrected chi connectivity index (χ2v) is 5.40. The third-order valence-corrected chi connectivity index (χ3v) is 3.50. The first-order valence-electron chi connectivity index (χ1n) is 5.50. The van der Waals surface area contributed by atoms with Crippen molar-refractivity contribution in [3.63, 3.8) is 0 Å². The van der Waals surface area contributed by atoms with Crippen LogP contribution in [-0.4, -0.2) is 17.9 Å². The number of carbonyl (C=O) groups excluding carboxylic acids is 1. The van der Waals surface area contributed by atoms with Crippen molar-refractivity contribution in [2.75, 3.05) is 17.7 Å². The molecule has 2 aromatic rings. The lowest BCUT2D eigenvalue weighted by Crippen LogP contribution is -2.14. The van der Waals surface area contributed by atoms with E-state index in [2.05, 4.69) is 38.2 Å². The van der Waals surface area contributed by atoms with Gasteiger partial charge < -0.3 is 10.6 Å². The Balaban J connectivity index is 2.26. The van der Waals surface area contributed by atoms with Gasteiger partial charge in [-0.05, 0) is 46.9 Å². The van der Waals surface area contributed by atoms with E-state index in [1.165, 1.54) is 0 Å². The normalized spacial score (nSPS) is 10.1. The molecule has 0 atom stereocenters. The molecule has 0 saturated carbocycles. The van der Waals surface area contributed by atoms with Crippen molar-refractivity contribution in [2.24, 2.45) is 0 Å². The minimum atomic E-state index is -0.227. The van der Waals surface area contributed by atoms with Crippen LogP contribution in [0.5, 0.6) is 0 Å². The zero-order chi connectivity index (χ0) is 13.8. The summed E-state index contributed by atoms with van der Waals surface area (Å²) >= 11 is 8.25. The molecule has 19 heavy (non-hydrogen) atoms. The topological polar surface area (TPSA) is 54.0 Å². The first-order chi connectivity index (χ1) is 9.11. The van der Waals surface area contributed by atoms with Crippen LogP contribution in [0.4, 0.5) is 11.4 Å². The monoisotopic (exact) mass is 387 g/mol. The number of rotatable bonds is 3. The Morgan fingerprint density at radius 2 is 2.11 bits per heavy atom. The van der Waals surface area contributed by atoms with Crippen LogP contribution < -0.4 is 10.6 Å². The number of carbonyl (C=O) groups is 1. The molecule has 0 aliphatic carbocycles. The van der Waals surface area contributed by atoms with E-state index in [1.807, 2.05) is 6.07 Å². The summed E-state index contributed by atoms with van der Waals surface area (Å²) in [6.45, 7) is 0. The second kappa shape index (κ2) is 6.21. The van der Waals surface area contributed by atoms with Gasteiger partial charge in [-0.3, -0.25) is 9.78 Å². The molecular formula is C13H11ClIN3O. The minimum absolute atomic E-state index is 0.227. The van der Waals surface area contributed by atoms with E-state index in [0.29, 0.717) is 22.0 Å². The summed E-state index contributed by atoms with van der Waals surface area (Å²) in [7, 11) is 1.74. The molecule has 0 saturated heterocycles. The number of benzene rings is 1. The maximum absolute atomic E-state index is 12.2. The predicted octanol–water partition coefficient (Wildman–Crippen LogP) is 3.63. The fraction of sp³-hybridized carbons (Fsp3) is 0.0769. The van der Waals surface area contributed by atoms with Crippen LogP contribution in [0.1, 0.15) is 10.4 Å². The van der Waals surface area contributed by atoms with E-state index < -0.39 is 0 Å². The molecule has 6 heteroatoms. The van der Waals surface area contributed by atoms with E-state index in [-0.39, 0.29) is 5.91 Å². The van der Waals surface area contributed by atoms with Crippen LogP contribution in [-0.2, 0) is 0 Å². The van der Waals surface area contributed by atoms with Crippen LogP contribution in [0.25, 0.3) is 0 Å². The smallest absolute Gasteiger partial charge is 0.257 e. The molecule has 0 aliphatic rings. The number of halogens is 2. The van der Waals surface area contributed by atoms with Crippen molar-refractivity contribution in [2.45, 2.75) is 0 Å². The fourth-order valence-corrected chi connectivity index (χ4v) is 2.48. The summed E-state index contributed by atoms with van der Waals surface area (Å²) < 4.78 is 1.01. The number of anilines is 2. The summed E-state index contributed by atoms with van der Waals surface area (Å²) in [6, 6.07) is 7.11. The summed E-state index contributed by atoms with van der Waals surface area (Å²) in [5.74, 6) is -0.227. The summed E-state index contributed by atoms with van der Waals surface area (Å²) in [4.78, 5) is 16.2. The standard InChI is InChI=1S/C13H11ClIN3O/c1-16-12-7-17-5-4-9(12)13(19)18-11-3-2-8(15)6-10(11)14/h2-7,16H,1H3,(H,18,19). The van der Waals surface area contributed by atoms with Gasteiger partial charge in [-0.25, -0.2) is 0 Å². The molecule has 0 unspecified atom stereocenters. The van der Waals surface area contributed by atoms with Gasteiger partial charge in [0, 0.05) is 16.8 Å². The zero-order valence-corrected chi connectivity index (χ0v) is 13.0. The van der Waals surface area contributed by atoms with Gasteiger partial charge in [0.1, 0.15) is 0 Å². The molecule has 0 bridgehead atoms. The molecule has 4 nitrogen and oxygen atoms in total. The Morgan fingerprint density at radius 3 is 2.79 bits per heavy atom. The minimum Gasteiger partial charge on any atom is -0.386 e. The molecule has 0 fully saturated rings. The molecular weight excluding hydrogens is 377 g/mol. The highest BCUT2D eigenvalue weighted by Gasteiger charge is 2.12. The molecule has 0 spiro atoms. The number of pyridine rings is 1. The predicted molar refractivity (Wildman–Crippen MR) is 85.9 cm³/mol. The van der Waals surface area contributed by atoms with Gasteiger partial charge in [-0.2, -0.15) is 0 Å². The quantitative estimate of drug-likeness (QED) is 0.791. The zero-order valence-electron chi connectivity index (χ0n) is 10.1. The Labute approximate surface area is 129 Å². The maximum Gasteiger partial charge on any atom is 0.257 e. The highest BCUT2D eigenvalue weighted by molar-refractivity contribution is 14.1. The third-order valence-electron chi connectivity index (χ3n) is 2.51. The van der Waals surface area contributed by atoms with Crippen molar-refractivity contribution >= 4 is 51.5 Å². The molecule has 1 aromatic carbocycles. The highest BCUT2D eigenvalue weighted by Crippen LogP contribution is 2.25. The Morgan fingerprint density at radius 1 is 1.32 bits per heavy atom. The first-order valence-corrected chi connectivity index (χ1v) is 6.95. The Bertz CT molecular complexity index is 619. The van der Waals surface area contributed by atoms with Gasteiger partial charge in [0.05, 0.1) is 28.2 Å². The fourth-order valence-electron chi connectivity index (χ4n) is 1.57. The van der Waals surface area contributed by atoms with Crippen molar-refractivity contribution in [1.82, 2.24) is 4.98 Å². The Kier molecular flexibility index (Phi) is 4.60. The number of aromatic nitrogens is 1. The maximum atomic E-state index is 12.2. The lowest BCUT2D eigenvalue weighted by atomic mass is 10.2. The molecule has 1 aromatic heterocycles. The van der Waals surface area contributed by atoms with Crippen molar-refractivity contribution in [3.05, 3.63) is 50.8 Å². The van der Waals surface area contributed by atoms with Crippen LogP contribution in [0.3, 0.4) is 0 Å². The second-order valence-electron chi connectivity index (χ2n) is 3.75. The molecule has 1 heterocycles. The van der Waals surface area contributed by atoms with Crippen LogP contribution in [0.15, 0.2) is 36.7 Å². The van der Waals surface area contributed by atoms with E-state index >= 15 is 0 Å². The lowest BCUT2D eigenvalue weighted by Gasteiger charge is -2.10. The number of amides is 1. The summed E-state index contributed by atoms with van der Waals surface area (Å²) in [5, 5.41) is 6.23. The van der Waals surface area contributed by atoms with Gasteiger partial charge in [0.2, 0.25) is 0 Å². The van der Waals surface area contributed by atoms with Crippen molar-refractivity contribution < 1.29 is 4.79 Å². The number of nitrogens with zero attached hydrogens (tertiary/aromatic N) is 1. The molecule has 0 aliphatic heterocycles. The number of nitrogens with one attached hydrogen (secondary N) is 2. The van der Waals surface area contributed by atoms with E-state index in [1.54, 1.807) is 37.6 Å². The van der Waals surface area contributed by atoms with Crippen LogP contribution in [0, 0.1) is 3.57 Å². The molecule has 0 radical (unpaired) electrons. The summed E-state index contributed by atoms with van der Waals surface area (Å²) in [5.41, 5.74) is 1.78. The Hall–Kier alpha value is -1.34. The lowest BCUT2D eigenvalue weighted by molar-refractivity contribution is 0.102. The van der Waals surface area contributed by atoms with Gasteiger partial charge in [0.25, 0.3) is 5.91 Å². The van der Waals surface area contributed by atoms with Crippen LogP contribution in [0.2, 0.25) is 5.02 Å². The SMILES string of the molecule is CNc1cnccc1C(=O)Nc1ccc(I)cc1Cl. The summed E-state index contributed by atoms with van der Waals surface area (Å²) in [6.07, 6.45) is 3.18. The van der Waals surface area contributed by atoms with E-state index in [0.717, 1.165) is 3.57 Å². The van der Waals surface area contributed by atoms with Crippen molar-refractivity contribution in [1.29, 1.82) is 0 Å². The van der Waals surface area contributed by atoms with Gasteiger partial charge in [-0.1, -0.05) is 11.6 Å². The van der Waals surface area contributed by atoms with Crippen molar-refractivity contribution in [3.8, 4) is 0 Å². The first kappa shape index (κ1) is 14.1. The molecule has 2 rings (SSSR count). The number of hydrogen-bond acceptors (Lipinski definition) is 3. The van der Waals surface area contributed by atoms with E-state index in [4.69, 9.17) is 11.6 Å². The third kappa shape index (κ3) is 3.36. The molecule has 1 amide bonds. The average molecular weight is 388 g/mol. The largest absolute Gasteiger partial charge is 0.386 e. The van der Waals surface area contributed by atoms with Gasteiger partial charge in [0.15, 0.2) is 0 Å². The van der Waals surface area contributed by atoms with Gasteiger partial charge in [-0.15, -0.1) is 0 Å². The average Bonchev–Trinajstić information content (AvgIpc) is 2.41. The molecule has 2 N–H and O–H groups in total. The highest BCUT2D eigenvalue weighted by atomic mass is 127. The van der Waals surface area contributed by atoms with E-state index in [9.17, 15) is 4.79 Å². The van der Waals surface area contributed by atoms with Gasteiger partial charge >= 0.3 is 0 Å². The van der Waals surface area contributed by atoms with Crippen LogP contribution >= 0.6 is 34.2 Å². The molecule has 98 valence electrons. The number of hydrogen-bond donors (Lipinski definition) is 2.